The molecule has 0 aliphatic heterocycles. The number of halogens is 3. The molecule has 28 heavy (non-hydrogen) atoms. The number of benzene rings is 1. The van der Waals surface area contributed by atoms with E-state index in [1.807, 2.05) is 0 Å². The van der Waals surface area contributed by atoms with E-state index >= 15 is 0 Å². The number of unbranched alkanes of at least 4 members (excludes halogenated alkanes) is 3. The average molecular weight is 420 g/mol. The van der Waals surface area contributed by atoms with Crippen LogP contribution in [0, 0.1) is 17.5 Å². The van der Waals surface area contributed by atoms with Gasteiger partial charge in [-0.2, -0.15) is 0 Å². The SMILES string of the molecule is CC(=O)O[Si](CCCCCCc1cc(F)c(F)c(F)c1)(OC(C)=O)OC(C)=O. The first kappa shape index (κ1) is 23.7. The van der Waals surface area contributed by atoms with Crippen molar-refractivity contribution in [2.24, 2.45) is 0 Å². The van der Waals surface area contributed by atoms with Crippen LogP contribution in [0.25, 0.3) is 0 Å². The molecular formula is C18H23F3O6Si. The van der Waals surface area contributed by atoms with E-state index in [0.717, 1.165) is 32.9 Å². The summed E-state index contributed by atoms with van der Waals surface area (Å²) in [5.41, 5.74) is 0.347. The van der Waals surface area contributed by atoms with Gasteiger partial charge < -0.3 is 13.3 Å². The minimum atomic E-state index is -3.82. The highest BCUT2D eigenvalue weighted by Crippen LogP contribution is 2.22. The van der Waals surface area contributed by atoms with Crippen LogP contribution >= 0.6 is 0 Å². The smallest absolute Gasteiger partial charge is 0.455 e. The third-order valence-electron chi connectivity index (χ3n) is 3.64. The first-order valence-electron chi connectivity index (χ1n) is 8.77. The molecule has 0 amide bonds. The van der Waals surface area contributed by atoms with Gasteiger partial charge in [0.15, 0.2) is 17.5 Å². The van der Waals surface area contributed by atoms with Crippen LogP contribution < -0.4 is 0 Å². The maximum absolute atomic E-state index is 13.2. The second kappa shape index (κ2) is 10.8. The lowest BCUT2D eigenvalue weighted by atomic mass is 10.1. The van der Waals surface area contributed by atoms with Crippen molar-refractivity contribution < 1.29 is 40.8 Å². The number of hydrogen-bond donors (Lipinski definition) is 0. The van der Waals surface area contributed by atoms with Crippen LogP contribution in [0.2, 0.25) is 6.04 Å². The molecule has 0 saturated heterocycles. The third-order valence-corrected chi connectivity index (χ3v) is 6.40. The summed E-state index contributed by atoms with van der Waals surface area (Å²) in [6, 6.07) is 1.99. The van der Waals surface area contributed by atoms with Gasteiger partial charge in [-0.1, -0.05) is 12.8 Å². The van der Waals surface area contributed by atoms with Gasteiger partial charge in [0.25, 0.3) is 17.9 Å². The van der Waals surface area contributed by atoms with Crippen molar-refractivity contribution in [1.29, 1.82) is 0 Å². The van der Waals surface area contributed by atoms with Gasteiger partial charge in [-0.05, 0) is 37.0 Å². The molecule has 0 aliphatic carbocycles. The second-order valence-electron chi connectivity index (χ2n) is 6.25. The summed E-state index contributed by atoms with van der Waals surface area (Å²) in [6.07, 6.45) is 2.62. The standard InChI is InChI=1S/C18H23F3O6Si/c1-12(22)25-28(26-13(2)23,27-14(3)24)9-7-5-4-6-8-15-10-16(19)18(21)17(20)11-15/h10-11H,4-9H2,1-3H3. The monoisotopic (exact) mass is 420 g/mol. The maximum atomic E-state index is 13.2. The van der Waals surface area contributed by atoms with Crippen LogP contribution in [0.4, 0.5) is 13.2 Å². The first-order valence-corrected chi connectivity index (χ1v) is 10.7. The molecule has 0 aromatic heterocycles. The number of carbonyl (C=O) groups is 3. The number of hydrogen-bond acceptors (Lipinski definition) is 6. The predicted molar refractivity (Wildman–Crippen MR) is 94.3 cm³/mol. The molecule has 6 nitrogen and oxygen atoms in total. The fourth-order valence-corrected chi connectivity index (χ4v) is 5.08. The summed E-state index contributed by atoms with van der Waals surface area (Å²) in [7, 11) is -3.82. The fourth-order valence-electron chi connectivity index (χ4n) is 2.65. The van der Waals surface area contributed by atoms with Crippen molar-refractivity contribution in [2.45, 2.75) is 58.9 Å². The Balaban J connectivity index is 2.55. The fraction of sp³-hybridized carbons (Fsp3) is 0.500. The van der Waals surface area contributed by atoms with Crippen LogP contribution in [0.15, 0.2) is 12.1 Å². The van der Waals surface area contributed by atoms with Crippen molar-refractivity contribution in [3.63, 3.8) is 0 Å². The zero-order chi connectivity index (χ0) is 21.3. The Kier molecular flexibility index (Phi) is 9.16. The van der Waals surface area contributed by atoms with Crippen LogP contribution in [-0.4, -0.2) is 26.7 Å². The van der Waals surface area contributed by atoms with E-state index in [9.17, 15) is 27.6 Å². The minimum absolute atomic E-state index is 0.0749. The van der Waals surface area contributed by atoms with E-state index in [0.29, 0.717) is 37.7 Å². The largest absolute Gasteiger partial charge is 0.705 e. The van der Waals surface area contributed by atoms with E-state index in [1.54, 1.807) is 0 Å². The Morgan fingerprint density at radius 1 is 0.786 bits per heavy atom. The topological polar surface area (TPSA) is 78.9 Å². The molecule has 0 heterocycles. The molecule has 1 aromatic rings. The van der Waals surface area contributed by atoms with Gasteiger partial charge in [0, 0.05) is 20.8 Å². The molecule has 156 valence electrons. The first-order chi connectivity index (χ1) is 13.0. The molecule has 0 bridgehead atoms. The Morgan fingerprint density at radius 3 is 1.64 bits per heavy atom. The van der Waals surface area contributed by atoms with Crippen molar-refractivity contribution in [1.82, 2.24) is 0 Å². The van der Waals surface area contributed by atoms with E-state index in [2.05, 4.69) is 0 Å². The van der Waals surface area contributed by atoms with Crippen LogP contribution in [0.5, 0.6) is 0 Å². The van der Waals surface area contributed by atoms with Gasteiger partial charge in [0.2, 0.25) is 0 Å². The highest BCUT2D eigenvalue weighted by Gasteiger charge is 2.51. The van der Waals surface area contributed by atoms with Gasteiger partial charge in [-0.3, -0.25) is 14.4 Å². The number of carbonyl (C=O) groups excluding carboxylic acids is 3. The Morgan fingerprint density at radius 2 is 1.21 bits per heavy atom. The summed E-state index contributed by atoms with van der Waals surface area (Å²) >= 11 is 0. The van der Waals surface area contributed by atoms with E-state index in [-0.39, 0.29) is 6.04 Å². The Labute approximate surface area is 162 Å². The molecule has 0 N–H and O–H groups in total. The number of aryl methyl sites for hydroxylation is 1. The third kappa shape index (κ3) is 8.11. The van der Waals surface area contributed by atoms with Gasteiger partial charge in [0.05, 0.1) is 6.04 Å². The lowest BCUT2D eigenvalue weighted by molar-refractivity contribution is -0.147. The predicted octanol–water partition coefficient (Wildman–Crippen LogP) is 3.84. The molecule has 0 radical (unpaired) electrons. The molecule has 0 atom stereocenters. The van der Waals surface area contributed by atoms with Crippen molar-refractivity contribution in [3.05, 3.63) is 35.1 Å². The van der Waals surface area contributed by atoms with Gasteiger partial charge in [0.1, 0.15) is 0 Å². The van der Waals surface area contributed by atoms with E-state index in [4.69, 9.17) is 13.3 Å². The molecule has 0 fully saturated rings. The van der Waals surface area contributed by atoms with Gasteiger partial charge >= 0.3 is 8.80 Å². The zero-order valence-electron chi connectivity index (χ0n) is 16.0. The summed E-state index contributed by atoms with van der Waals surface area (Å²) in [5, 5.41) is 0. The highest BCUT2D eigenvalue weighted by molar-refractivity contribution is 6.65. The molecule has 1 rings (SSSR count). The summed E-state index contributed by atoms with van der Waals surface area (Å²) in [4.78, 5) is 34.0. The molecule has 1 aromatic carbocycles. The maximum Gasteiger partial charge on any atom is 0.705 e. The lowest BCUT2D eigenvalue weighted by Gasteiger charge is -2.26. The summed E-state index contributed by atoms with van der Waals surface area (Å²) in [6.45, 7) is 3.36. The molecule has 0 unspecified atom stereocenters. The van der Waals surface area contributed by atoms with Crippen molar-refractivity contribution in [2.75, 3.05) is 0 Å². The number of rotatable bonds is 10. The average Bonchev–Trinajstić information content (AvgIpc) is 2.53. The Bertz CT molecular complexity index is 661. The normalized spacial score (nSPS) is 11.1. The minimum Gasteiger partial charge on any atom is -0.455 e. The summed E-state index contributed by atoms with van der Waals surface area (Å²) < 4.78 is 54.5. The quantitative estimate of drug-likeness (QED) is 0.325. The van der Waals surface area contributed by atoms with Crippen molar-refractivity contribution in [3.8, 4) is 0 Å². The molecule has 10 heteroatoms. The lowest BCUT2D eigenvalue weighted by Crippen LogP contribution is -2.49. The van der Waals surface area contributed by atoms with Gasteiger partial charge in [-0.25, -0.2) is 13.2 Å². The highest BCUT2D eigenvalue weighted by atomic mass is 28.4. The molecule has 0 aliphatic rings. The van der Waals surface area contributed by atoms with Crippen LogP contribution in [0.1, 0.15) is 52.0 Å². The van der Waals surface area contributed by atoms with Crippen LogP contribution in [-0.2, 0) is 34.1 Å². The van der Waals surface area contributed by atoms with Gasteiger partial charge in [-0.15, -0.1) is 0 Å². The second-order valence-corrected chi connectivity index (χ2v) is 8.73. The summed E-state index contributed by atoms with van der Waals surface area (Å²) in [5.74, 6) is -6.13. The molecule has 0 saturated carbocycles. The van der Waals surface area contributed by atoms with E-state index < -0.39 is 44.2 Å². The molecular weight excluding hydrogens is 397 g/mol. The zero-order valence-corrected chi connectivity index (χ0v) is 17.0. The van der Waals surface area contributed by atoms with Crippen molar-refractivity contribution >= 4 is 26.7 Å². The Hall–Kier alpha value is -2.36. The van der Waals surface area contributed by atoms with Crippen LogP contribution in [0.3, 0.4) is 0 Å². The molecule has 0 spiro atoms. The van der Waals surface area contributed by atoms with E-state index in [1.165, 1.54) is 0 Å².